The molecule has 3 fully saturated rings. The van der Waals surface area contributed by atoms with E-state index in [1.165, 1.54) is 5.56 Å². The number of amides is 4. The summed E-state index contributed by atoms with van der Waals surface area (Å²) >= 11 is 3.74. The maximum atomic E-state index is 13.6. The van der Waals surface area contributed by atoms with E-state index in [9.17, 15) is 14.4 Å². The summed E-state index contributed by atoms with van der Waals surface area (Å²) in [6.07, 6.45) is 5.67. The summed E-state index contributed by atoms with van der Waals surface area (Å²) in [4.78, 5) is 45.8. The molecule has 5 rings (SSSR count). The number of urea groups is 1. The molecule has 9 heteroatoms. The minimum Gasteiger partial charge on any atom is -0.342 e. The number of nitrogens with zero attached hydrogens (tertiary/aromatic N) is 3. The molecule has 3 saturated heterocycles. The van der Waals surface area contributed by atoms with Gasteiger partial charge in [0.05, 0.1) is 10.1 Å². The quantitative estimate of drug-likeness (QED) is 0.547. The molecule has 1 spiro atoms. The van der Waals surface area contributed by atoms with Crippen molar-refractivity contribution in [1.82, 2.24) is 14.7 Å². The summed E-state index contributed by atoms with van der Waals surface area (Å²) in [6.45, 7) is 9.42. The predicted molar refractivity (Wildman–Crippen MR) is 157 cm³/mol. The van der Waals surface area contributed by atoms with Crippen molar-refractivity contribution >= 4 is 47.1 Å². The molecule has 4 aliphatic rings. The Morgan fingerprint density at radius 2 is 1.79 bits per heavy atom. The van der Waals surface area contributed by atoms with E-state index in [2.05, 4.69) is 37.1 Å². The highest BCUT2D eigenvalue weighted by molar-refractivity contribution is 8.03. The Morgan fingerprint density at radius 3 is 2.50 bits per heavy atom. The molecule has 1 N–H and O–H groups in total. The number of anilines is 1. The smallest absolute Gasteiger partial charge is 0.322 e. The van der Waals surface area contributed by atoms with Gasteiger partial charge >= 0.3 is 6.03 Å². The van der Waals surface area contributed by atoms with Crippen LogP contribution in [0.15, 0.2) is 24.3 Å². The number of nitrogens with one attached hydrogen (secondary N) is 1. The van der Waals surface area contributed by atoms with Crippen LogP contribution < -0.4 is 5.32 Å². The molecular formula is C29H42N4O3S2. The fraction of sp³-hybridized carbons (Fsp3) is 0.690. The van der Waals surface area contributed by atoms with Gasteiger partial charge in [-0.05, 0) is 67.1 Å². The van der Waals surface area contributed by atoms with Crippen LogP contribution in [0.2, 0.25) is 0 Å². The van der Waals surface area contributed by atoms with Crippen LogP contribution >= 0.6 is 23.5 Å². The van der Waals surface area contributed by atoms with E-state index in [1.54, 1.807) is 11.8 Å². The van der Waals surface area contributed by atoms with Crippen LogP contribution in [0.3, 0.4) is 0 Å². The standard InChI is InChI=1S/C29H42N4O3S2/c1-28(2,3)11-17-33-26(35)24(38-29(33)12-18-37-19-13-29)20-25(34)31-14-9-22(10-15-31)32-16-8-21-6-4-5-7-23(21)30-27(32)36/h4-7,22,24H,8-20H2,1-3H3,(H,30,36). The second-order valence-electron chi connectivity index (χ2n) is 12.3. The van der Waals surface area contributed by atoms with Gasteiger partial charge < -0.3 is 20.0 Å². The van der Waals surface area contributed by atoms with E-state index in [0.717, 1.165) is 62.3 Å². The number of hydrogen-bond donors (Lipinski definition) is 1. The predicted octanol–water partition coefficient (Wildman–Crippen LogP) is 5.06. The Kier molecular flexibility index (Phi) is 8.25. The van der Waals surface area contributed by atoms with Crippen molar-refractivity contribution in [3.63, 3.8) is 0 Å². The zero-order valence-corrected chi connectivity index (χ0v) is 24.7. The van der Waals surface area contributed by atoms with Crippen LogP contribution in [0.5, 0.6) is 0 Å². The van der Waals surface area contributed by atoms with Gasteiger partial charge in [0.1, 0.15) is 0 Å². The van der Waals surface area contributed by atoms with Crippen molar-refractivity contribution in [2.75, 3.05) is 43.0 Å². The molecule has 4 amide bonds. The van der Waals surface area contributed by atoms with Crippen LogP contribution in [0, 0.1) is 5.41 Å². The number of thioether (sulfide) groups is 2. The van der Waals surface area contributed by atoms with Crippen LogP contribution in [0.25, 0.3) is 0 Å². The van der Waals surface area contributed by atoms with Gasteiger partial charge in [-0.3, -0.25) is 9.59 Å². The third kappa shape index (κ3) is 5.98. The van der Waals surface area contributed by atoms with Crippen LogP contribution in [0.4, 0.5) is 10.5 Å². The number of carbonyl (C=O) groups is 3. The van der Waals surface area contributed by atoms with Gasteiger partial charge in [-0.2, -0.15) is 11.8 Å². The second-order valence-corrected chi connectivity index (χ2v) is 15.1. The number of likely N-dealkylation sites (tertiary alicyclic amines) is 1. The monoisotopic (exact) mass is 558 g/mol. The Morgan fingerprint density at radius 1 is 1.08 bits per heavy atom. The van der Waals surface area contributed by atoms with Crippen molar-refractivity contribution < 1.29 is 14.4 Å². The molecule has 4 heterocycles. The third-order valence-corrected chi connectivity index (χ3v) is 11.2. The molecule has 38 heavy (non-hydrogen) atoms. The number of fused-ring (bicyclic) bond motifs is 1. The minimum atomic E-state index is -0.279. The summed E-state index contributed by atoms with van der Waals surface area (Å²) in [5.74, 6) is 2.40. The average molecular weight is 559 g/mol. The first-order valence-corrected chi connectivity index (χ1v) is 16.2. The number of rotatable bonds is 5. The Hall–Kier alpha value is -1.87. The van der Waals surface area contributed by atoms with E-state index < -0.39 is 0 Å². The van der Waals surface area contributed by atoms with E-state index in [1.807, 2.05) is 39.8 Å². The molecule has 7 nitrogen and oxygen atoms in total. The Bertz CT molecular complexity index is 1040. The molecule has 0 bridgehead atoms. The molecule has 0 aliphatic carbocycles. The lowest BCUT2D eigenvalue weighted by Gasteiger charge is -2.41. The number of benzene rings is 1. The Labute approximate surface area is 235 Å². The van der Waals surface area contributed by atoms with Gasteiger partial charge in [0, 0.05) is 44.3 Å². The van der Waals surface area contributed by atoms with Crippen LogP contribution in [0.1, 0.15) is 64.9 Å². The molecule has 0 aromatic heterocycles. The van der Waals surface area contributed by atoms with Crippen molar-refractivity contribution in [1.29, 1.82) is 0 Å². The highest BCUT2D eigenvalue weighted by Gasteiger charge is 2.52. The van der Waals surface area contributed by atoms with E-state index in [-0.39, 0.29) is 45.8 Å². The summed E-state index contributed by atoms with van der Waals surface area (Å²) in [5.41, 5.74) is 2.23. The van der Waals surface area contributed by atoms with Gasteiger partial charge in [0.25, 0.3) is 0 Å². The van der Waals surface area contributed by atoms with Crippen molar-refractivity contribution in [3.8, 4) is 0 Å². The second kappa shape index (κ2) is 11.3. The Balaban J connectivity index is 1.17. The maximum absolute atomic E-state index is 13.6. The van der Waals surface area contributed by atoms with Crippen molar-refractivity contribution in [3.05, 3.63) is 29.8 Å². The molecule has 208 valence electrons. The lowest BCUT2D eigenvalue weighted by atomic mass is 9.91. The number of carbonyl (C=O) groups excluding carboxylic acids is 3. The highest BCUT2D eigenvalue weighted by Crippen LogP contribution is 2.50. The van der Waals surface area contributed by atoms with Gasteiger partial charge in [0.15, 0.2) is 0 Å². The molecule has 1 aromatic carbocycles. The van der Waals surface area contributed by atoms with E-state index >= 15 is 0 Å². The summed E-state index contributed by atoms with van der Waals surface area (Å²) in [7, 11) is 0. The number of hydrogen-bond acceptors (Lipinski definition) is 5. The molecule has 4 aliphatic heterocycles. The molecule has 1 aromatic rings. The topological polar surface area (TPSA) is 73.0 Å². The first kappa shape index (κ1) is 27.7. The normalized spacial score (nSPS) is 24.4. The molecule has 1 unspecified atom stereocenters. The average Bonchev–Trinajstić information content (AvgIpc) is 3.01. The van der Waals surface area contributed by atoms with Gasteiger partial charge in [-0.1, -0.05) is 39.0 Å². The van der Waals surface area contributed by atoms with Gasteiger partial charge in [-0.25, -0.2) is 4.79 Å². The minimum absolute atomic E-state index is 0.0426. The molecule has 1 atom stereocenters. The van der Waals surface area contributed by atoms with Crippen molar-refractivity contribution in [2.24, 2.45) is 5.41 Å². The lowest BCUT2D eigenvalue weighted by Crippen LogP contribution is -2.50. The first-order chi connectivity index (χ1) is 18.2. The summed E-state index contributed by atoms with van der Waals surface area (Å²) < 4.78 is 0. The van der Waals surface area contributed by atoms with Crippen LogP contribution in [-0.2, 0) is 16.0 Å². The SMILES string of the molecule is CC(C)(C)CCN1C(=O)C(CC(=O)N2CCC(N3CCc4ccccc4NC3=O)CC2)SC12CCSCC2. The maximum Gasteiger partial charge on any atom is 0.322 e. The van der Waals surface area contributed by atoms with Crippen molar-refractivity contribution in [2.45, 2.75) is 81.9 Å². The third-order valence-electron chi connectivity index (χ3n) is 8.51. The highest BCUT2D eigenvalue weighted by atomic mass is 32.2. The van der Waals surface area contributed by atoms with Gasteiger partial charge in [-0.15, -0.1) is 11.8 Å². The summed E-state index contributed by atoms with van der Waals surface area (Å²) in [5, 5.41) is 2.79. The van der Waals surface area contributed by atoms with Crippen LogP contribution in [-0.4, -0.2) is 86.4 Å². The lowest BCUT2D eigenvalue weighted by molar-refractivity contribution is -0.138. The molecule has 0 radical (unpaired) electrons. The molecular weight excluding hydrogens is 516 g/mol. The first-order valence-electron chi connectivity index (χ1n) is 14.2. The largest absolute Gasteiger partial charge is 0.342 e. The fourth-order valence-corrected chi connectivity index (χ4v) is 9.33. The van der Waals surface area contributed by atoms with E-state index in [4.69, 9.17) is 0 Å². The molecule has 0 saturated carbocycles. The fourth-order valence-electron chi connectivity index (χ4n) is 6.17. The number of piperidine rings is 1. The zero-order valence-electron chi connectivity index (χ0n) is 23.0. The number of para-hydroxylation sites is 1. The van der Waals surface area contributed by atoms with Gasteiger partial charge in [0.2, 0.25) is 11.8 Å². The zero-order chi connectivity index (χ0) is 26.9. The van der Waals surface area contributed by atoms with E-state index in [0.29, 0.717) is 19.6 Å². The summed E-state index contributed by atoms with van der Waals surface area (Å²) in [6, 6.07) is 8.08.